The minimum atomic E-state index is -3.92. The van der Waals surface area contributed by atoms with Crippen LogP contribution in [0.25, 0.3) is 11.1 Å². The highest BCUT2D eigenvalue weighted by Crippen LogP contribution is 2.30. The molecule has 0 spiro atoms. The van der Waals surface area contributed by atoms with Crippen LogP contribution in [-0.2, 0) is 23.1 Å². The van der Waals surface area contributed by atoms with Gasteiger partial charge in [0.2, 0.25) is 0 Å². The summed E-state index contributed by atoms with van der Waals surface area (Å²) in [7, 11) is -3.92. The van der Waals surface area contributed by atoms with Gasteiger partial charge in [-0.25, -0.2) is 14.7 Å². The van der Waals surface area contributed by atoms with E-state index >= 15 is 0 Å². The summed E-state index contributed by atoms with van der Waals surface area (Å²) in [5, 5.41) is 9.38. The Bertz CT molecular complexity index is 1020. The van der Waals surface area contributed by atoms with Crippen LogP contribution >= 0.6 is 0 Å². The minimum absolute atomic E-state index is 0.106. The first-order valence-electron chi connectivity index (χ1n) is 8.92. The molecule has 146 valence electrons. The van der Waals surface area contributed by atoms with E-state index in [2.05, 4.69) is 26.3 Å². The Morgan fingerprint density at radius 3 is 2.32 bits per heavy atom. The van der Waals surface area contributed by atoms with Crippen molar-refractivity contribution in [3.63, 3.8) is 0 Å². The molecule has 0 amide bonds. The average Bonchev–Trinajstić information content (AvgIpc) is 2.69. The average molecular weight is 398 g/mol. The first-order chi connectivity index (χ1) is 13.5. The lowest BCUT2D eigenvalue weighted by Crippen LogP contribution is -2.23. The smallest absolute Gasteiger partial charge is 0.322 e. The number of rotatable bonds is 8. The predicted molar refractivity (Wildman–Crippen MR) is 110 cm³/mol. The second-order valence-corrected chi connectivity index (χ2v) is 7.56. The third-order valence-corrected chi connectivity index (χ3v) is 5.15. The highest BCUT2D eigenvalue weighted by molar-refractivity contribution is 7.94. The van der Waals surface area contributed by atoms with Gasteiger partial charge in [0.1, 0.15) is 6.33 Å². The number of hydrogen-bond acceptors (Lipinski definition) is 5. The van der Waals surface area contributed by atoms with Gasteiger partial charge in [-0.1, -0.05) is 49.4 Å². The van der Waals surface area contributed by atoms with Gasteiger partial charge in [0.25, 0.3) is 0 Å². The van der Waals surface area contributed by atoms with E-state index in [1.807, 2.05) is 24.3 Å². The number of aliphatic hydroxyl groups excluding tert-OH is 1. The number of aliphatic hydroxyl groups is 1. The van der Waals surface area contributed by atoms with E-state index in [9.17, 15) is 13.5 Å². The molecule has 8 heteroatoms. The van der Waals surface area contributed by atoms with Crippen molar-refractivity contribution >= 4 is 21.7 Å². The summed E-state index contributed by atoms with van der Waals surface area (Å²) in [4.78, 5) is 8.38. The standard InChI is InChI=1S/C20H22N4O3S/c1-2-15-8-10-16(11-9-15)19-18(12-13-25)21-14-22-20(19)24-28(26,27)23-17-6-4-3-5-7-17/h3-11,14,23,25H,2,12-13H2,1H3,(H,21,22,24). The molecule has 2 aromatic carbocycles. The highest BCUT2D eigenvalue weighted by atomic mass is 32.2. The number of anilines is 2. The van der Waals surface area contributed by atoms with Crippen molar-refractivity contribution < 1.29 is 13.5 Å². The molecule has 0 aliphatic rings. The topological polar surface area (TPSA) is 104 Å². The molecule has 3 aromatic rings. The lowest BCUT2D eigenvalue weighted by Gasteiger charge is -2.15. The Kier molecular flexibility index (Phi) is 6.23. The normalized spacial score (nSPS) is 11.2. The van der Waals surface area contributed by atoms with Gasteiger partial charge in [-0.05, 0) is 29.7 Å². The van der Waals surface area contributed by atoms with E-state index < -0.39 is 10.2 Å². The maximum absolute atomic E-state index is 12.6. The third kappa shape index (κ3) is 4.85. The molecular weight excluding hydrogens is 376 g/mol. The summed E-state index contributed by atoms with van der Waals surface area (Å²) < 4.78 is 30.1. The molecule has 1 aromatic heterocycles. The quantitative estimate of drug-likeness (QED) is 0.541. The molecule has 0 aliphatic carbocycles. The number of benzene rings is 2. The zero-order valence-electron chi connectivity index (χ0n) is 15.5. The molecule has 0 saturated carbocycles. The summed E-state index contributed by atoms with van der Waals surface area (Å²) in [6.07, 6.45) is 2.47. The lowest BCUT2D eigenvalue weighted by molar-refractivity contribution is 0.298. The van der Waals surface area contributed by atoms with Gasteiger partial charge in [0, 0.05) is 18.6 Å². The van der Waals surface area contributed by atoms with Gasteiger partial charge in [-0.3, -0.25) is 4.72 Å². The van der Waals surface area contributed by atoms with E-state index in [1.165, 1.54) is 6.33 Å². The van der Waals surface area contributed by atoms with Crippen LogP contribution in [0.15, 0.2) is 60.9 Å². The van der Waals surface area contributed by atoms with E-state index in [-0.39, 0.29) is 18.8 Å². The number of nitrogens with zero attached hydrogens (tertiary/aromatic N) is 2. The Labute approximate surface area is 164 Å². The monoisotopic (exact) mass is 398 g/mol. The molecule has 1 heterocycles. The number of hydrogen-bond donors (Lipinski definition) is 3. The molecule has 0 atom stereocenters. The number of nitrogens with one attached hydrogen (secondary N) is 2. The van der Waals surface area contributed by atoms with Gasteiger partial charge in [-0.15, -0.1) is 0 Å². The maximum Gasteiger partial charge on any atom is 0.322 e. The molecule has 0 fully saturated rings. The van der Waals surface area contributed by atoms with Crippen LogP contribution in [0.2, 0.25) is 0 Å². The van der Waals surface area contributed by atoms with Gasteiger partial charge < -0.3 is 5.11 Å². The molecule has 7 nitrogen and oxygen atoms in total. The van der Waals surface area contributed by atoms with Gasteiger partial charge >= 0.3 is 10.2 Å². The molecule has 0 bridgehead atoms. The van der Waals surface area contributed by atoms with Crippen molar-refractivity contribution in [2.24, 2.45) is 0 Å². The summed E-state index contributed by atoms with van der Waals surface area (Å²) in [5.41, 5.74) is 3.50. The van der Waals surface area contributed by atoms with Crippen LogP contribution < -0.4 is 9.44 Å². The predicted octanol–water partition coefficient (Wildman–Crippen LogP) is 3.01. The first kappa shape index (κ1) is 19.8. The summed E-state index contributed by atoms with van der Waals surface area (Å²) in [6.45, 7) is 1.96. The molecule has 0 radical (unpaired) electrons. The molecule has 3 rings (SSSR count). The fourth-order valence-electron chi connectivity index (χ4n) is 2.82. The van der Waals surface area contributed by atoms with Crippen LogP contribution in [-0.4, -0.2) is 30.1 Å². The number of aromatic nitrogens is 2. The van der Waals surface area contributed by atoms with Crippen LogP contribution in [0.1, 0.15) is 18.2 Å². The van der Waals surface area contributed by atoms with Crippen LogP contribution in [0.5, 0.6) is 0 Å². The molecule has 28 heavy (non-hydrogen) atoms. The van der Waals surface area contributed by atoms with Gasteiger partial charge in [0.15, 0.2) is 5.82 Å². The Balaban J connectivity index is 1.99. The SMILES string of the molecule is CCc1ccc(-c2c(CCO)ncnc2NS(=O)(=O)Nc2ccccc2)cc1. The van der Waals surface area contributed by atoms with E-state index in [0.717, 1.165) is 17.5 Å². The van der Waals surface area contributed by atoms with Crippen molar-refractivity contribution in [3.05, 3.63) is 72.2 Å². The van der Waals surface area contributed by atoms with Crippen LogP contribution in [0.3, 0.4) is 0 Å². The number of para-hydroxylation sites is 1. The second-order valence-electron chi connectivity index (χ2n) is 6.14. The van der Waals surface area contributed by atoms with Crippen molar-refractivity contribution in [1.29, 1.82) is 0 Å². The zero-order chi connectivity index (χ0) is 20.0. The maximum atomic E-state index is 12.6. The highest BCUT2D eigenvalue weighted by Gasteiger charge is 2.18. The summed E-state index contributed by atoms with van der Waals surface area (Å²) >= 11 is 0. The molecule has 3 N–H and O–H groups in total. The first-order valence-corrected chi connectivity index (χ1v) is 10.4. The Hall–Kier alpha value is -2.97. The van der Waals surface area contributed by atoms with Gasteiger partial charge in [-0.2, -0.15) is 8.42 Å². The summed E-state index contributed by atoms with van der Waals surface area (Å²) in [5.74, 6) is 0.158. The van der Waals surface area contributed by atoms with Crippen molar-refractivity contribution in [3.8, 4) is 11.1 Å². The third-order valence-electron chi connectivity index (χ3n) is 4.18. The summed E-state index contributed by atoms with van der Waals surface area (Å²) in [6, 6.07) is 16.3. The van der Waals surface area contributed by atoms with E-state index in [1.54, 1.807) is 30.3 Å². The fraction of sp³-hybridized carbons (Fsp3) is 0.200. The van der Waals surface area contributed by atoms with Gasteiger partial charge in [0.05, 0.1) is 11.4 Å². The lowest BCUT2D eigenvalue weighted by atomic mass is 10.0. The molecule has 0 aliphatic heterocycles. The molecular formula is C20H22N4O3S. The van der Waals surface area contributed by atoms with Crippen molar-refractivity contribution in [2.75, 3.05) is 16.1 Å². The Morgan fingerprint density at radius 2 is 1.68 bits per heavy atom. The minimum Gasteiger partial charge on any atom is -0.396 e. The van der Waals surface area contributed by atoms with Crippen molar-refractivity contribution in [1.82, 2.24) is 9.97 Å². The van der Waals surface area contributed by atoms with Crippen molar-refractivity contribution in [2.45, 2.75) is 19.8 Å². The van der Waals surface area contributed by atoms with Crippen LogP contribution in [0, 0.1) is 0 Å². The number of aryl methyl sites for hydroxylation is 1. The Morgan fingerprint density at radius 1 is 0.964 bits per heavy atom. The van der Waals surface area contributed by atoms with E-state index in [0.29, 0.717) is 16.9 Å². The second kappa shape index (κ2) is 8.81. The zero-order valence-corrected chi connectivity index (χ0v) is 16.3. The van der Waals surface area contributed by atoms with Crippen LogP contribution in [0.4, 0.5) is 11.5 Å². The largest absolute Gasteiger partial charge is 0.396 e. The molecule has 0 saturated heterocycles. The molecule has 0 unspecified atom stereocenters. The fourth-order valence-corrected chi connectivity index (χ4v) is 3.73. The van der Waals surface area contributed by atoms with E-state index in [4.69, 9.17) is 0 Å².